The first kappa shape index (κ1) is 19.9. The zero-order valence-electron chi connectivity index (χ0n) is 15.0. The third kappa shape index (κ3) is 4.03. The molecule has 0 spiro atoms. The molecule has 1 N–H and O–H groups in total. The van der Waals surface area contributed by atoms with Gasteiger partial charge in [0.25, 0.3) is 10.0 Å². The lowest BCUT2D eigenvalue weighted by molar-refractivity contribution is 0.0697. The van der Waals surface area contributed by atoms with Gasteiger partial charge in [-0.2, -0.15) is 0 Å². The van der Waals surface area contributed by atoms with Crippen molar-refractivity contribution < 1.29 is 18.3 Å². The number of carboxylic acids is 1. The quantitative estimate of drug-likeness (QED) is 0.630. The molecule has 7 heteroatoms. The minimum atomic E-state index is -4.03. The Morgan fingerprint density at radius 1 is 0.964 bits per heavy atom. The number of benzene rings is 3. The number of sulfonamides is 1. The molecule has 0 saturated heterocycles. The molecule has 0 aromatic heterocycles. The molecule has 0 saturated carbocycles. The number of hydrogen-bond donors (Lipinski definition) is 1. The first-order valence-electron chi connectivity index (χ1n) is 8.46. The predicted molar refractivity (Wildman–Crippen MR) is 109 cm³/mol. The number of aryl methyl sites for hydroxylation is 1. The average molecular weight is 416 g/mol. The Balaban J connectivity index is 2.19. The normalized spacial score (nSPS) is 11.2. The number of carboxylic acid groups (broad SMARTS) is 1. The number of rotatable bonds is 6. The number of anilines is 1. The fourth-order valence-corrected chi connectivity index (χ4v) is 4.45. The van der Waals surface area contributed by atoms with Gasteiger partial charge in [0.1, 0.15) is 0 Å². The van der Waals surface area contributed by atoms with Crippen LogP contribution in [0.1, 0.15) is 21.5 Å². The molecular weight excluding hydrogens is 398 g/mol. The number of carbonyl (C=O) groups is 1. The second-order valence-corrected chi connectivity index (χ2v) is 8.51. The zero-order chi connectivity index (χ0) is 20.3. The van der Waals surface area contributed by atoms with Crippen LogP contribution in [0.25, 0.3) is 0 Å². The van der Waals surface area contributed by atoms with E-state index in [0.717, 1.165) is 9.87 Å². The van der Waals surface area contributed by atoms with E-state index in [2.05, 4.69) is 0 Å². The average Bonchev–Trinajstić information content (AvgIpc) is 2.67. The smallest absolute Gasteiger partial charge is 0.337 e. The maximum Gasteiger partial charge on any atom is 0.337 e. The van der Waals surface area contributed by atoms with Crippen LogP contribution in [0.15, 0.2) is 77.7 Å². The summed E-state index contributed by atoms with van der Waals surface area (Å²) in [5, 5.41) is 9.96. The molecular formula is C21H18ClNO4S. The molecule has 0 aliphatic carbocycles. The van der Waals surface area contributed by atoms with Crippen LogP contribution in [-0.4, -0.2) is 19.5 Å². The summed E-state index contributed by atoms with van der Waals surface area (Å²) in [5.74, 6) is -1.21. The van der Waals surface area contributed by atoms with E-state index < -0.39 is 16.0 Å². The van der Waals surface area contributed by atoms with Crippen LogP contribution in [0.3, 0.4) is 0 Å². The summed E-state index contributed by atoms with van der Waals surface area (Å²) < 4.78 is 27.9. The molecule has 0 atom stereocenters. The molecule has 144 valence electrons. The monoisotopic (exact) mass is 415 g/mol. The van der Waals surface area contributed by atoms with Crippen molar-refractivity contribution in [3.63, 3.8) is 0 Å². The molecule has 0 bridgehead atoms. The molecule has 0 heterocycles. The van der Waals surface area contributed by atoms with E-state index in [0.29, 0.717) is 10.6 Å². The maximum absolute atomic E-state index is 13.4. The lowest BCUT2D eigenvalue weighted by Crippen LogP contribution is -2.32. The standard InChI is InChI=1S/C21H18ClNO4S/c1-15-10-12-17(13-11-15)28(26,27)23(14-16-6-2-4-8-19(16)22)20-9-5-3-7-18(20)21(24)25/h2-13H,14H2,1H3,(H,24,25). The van der Waals surface area contributed by atoms with Crippen molar-refractivity contribution in [2.24, 2.45) is 0 Å². The van der Waals surface area contributed by atoms with Gasteiger partial charge in [-0.15, -0.1) is 0 Å². The molecule has 3 aromatic rings. The summed E-state index contributed by atoms with van der Waals surface area (Å²) in [6, 6.07) is 19.3. The molecule has 0 aliphatic rings. The highest BCUT2D eigenvalue weighted by Crippen LogP contribution is 2.30. The first-order chi connectivity index (χ1) is 13.3. The van der Waals surface area contributed by atoms with E-state index in [4.69, 9.17) is 11.6 Å². The number of nitrogens with zero attached hydrogens (tertiary/aromatic N) is 1. The van der Waals surface area contributed by atoms with Gasteiger partial charge in [-0.25, -0.2) is 13.2 Å². The fraction of sp³-hybridized carbons (Fsp3) is 0.0952. The van der Waals surface area contributed by atoms with Crippen molar-refractivity contribution in [1.29, 1.82) is 0 Å². The van der Waals surface area contributed by atoms with E-state index in [1.54, 1.807) is 48.5 Å². The second-order valence-electron chi connectivity index (χ2n) is 6.24. The zero-order valence-corrected chi connectivity index (χ0v) is 16.6. The third-order valence-electron chi connectivity index (χ3n) is 4.28. The van der Waals surface area contributed by atoms with Crippen LogP contribution in [0.2, 0.25) is 5.02 Å². The van der Waals surface area contributed by atoms with Crippen LogP contribution in [0.5, 0.6) is 0 Å². The van der Waals surface area contributed by atoms with Crippen molar-refractivity contribution in [3.05, 3.63) is 94.5 Å². The lowest BCUT2D eigenvalue weighted by atomic mass is 10.1. The van der Waals surface area contributed by atoms with Crippen LogP contribution >= 0.6 is 11.6 Å². The topological polar surface area (TPSA) is 74.7 Å². The molecule has 0 unspecified atom stereocenters. The van der Waals surface area contributed by atoms with Crippen molar-refractivity contribution in [2.75, 3.05) is 4.31 Å². The SMILES string of the molecule is Cc1ccc(S(=O)(=O)N(Cc2ccccc2Cl)c2ccccc2C(=O)O)cc1. The van der Waals surface area contributed by atoms with Crippen molar-refractivity contribution in [1.82, 2.24) is 0 Å². The lowest BCUT2D eigenvalue weighted by Gasteiger charge is -2.26. The fourth-order valence-electron chi connectivity index (χ4n) is 2.79. The molecule has 5 nitrogen and oxygen atoms in total. The molecule has 28 heavy (non-hydrogen) atoms. The van der Waals surface area contributed by atoms with Gasteiger partial charge in [0.05, 0.1) is 22.7 Å². The molecule has 0 amide bonds. The third-order valence-corrected chi connectivity index (χ3v) is 6.43. The Kier molecular flexibility index (Phi) is 5.72. The van der Waals surface area contributed by atoms with Gasteiger partial charge in [0, 0.05) is 5.02 Å². The van der Waals surface area contributed by atoms with E-state index in [9.17, 15) is 18.3 Å². The van der Waals surface area contributed by atoms with Gasteiger partial charge >= 0.3 is 5.97 Å². The largest absolute Gasteiger partial charge is 0.478 e. The van der Waals surface area contributed by atoms with E-state index >= 15 is 0 Å². The van der Waals surface area contributed by atoms with Crippen LogP contribution in [0, 0.1) is 6.92 Å². The van der Waals surface area contributed by atoms with Crippen LogP contribution < -0.4 is 4.31 Å². The summed E-state index contributed by atoms with van der Waals surface area (Å²) in [5.41, 5.74) is 1.46. The summed E-state index contributed by atoms with van der Waals surface area (Å²) >= 11 is 6.24. The number of hydrogen-bond acceptors (Lipinski definition) is 3. The summed E-state index contributed by atoms with van der Waals surface area (Å²) in [4.78, 5) is 11.8. The highest BCUT2D eigenvalue weighted by molar-refractivity contribution is 7.92. The Hall–Kier alpha value is -2.83. The number of para-hydroxylation sites is 1. The van der Waals surface area contributed by atoms with E-state index in [1.165, 1.54) is 24.3 Å². The van der Waals surface area contributed by atoms with Gasteiger partial charge in [0.15, 0.2) is 0 Å². The summed E-state index contributed by atoms with van der Waals surface area (Å²) in [6.45, 7) is 1.76. The number of halogens is 1. The van der Waals surface area contributed by atoms with Crippen molar-refractivity contribution in [3.8, 4) is 0 Å². The Morgan fingerprint density at radius 3 is 2.21 bits per heavy atom. The minimum absolute atomic E-state index is 0.0744. The van der Waals surface area contributed by atoms with Gasteiger partial charge < -0.3 is 5.11 Å². The van der Waals surface area contributed by atoms with Gasteiger partial charge in [-0.3, -0.25) is 4.31 Å². The molecule has 3 rings (SSSR count). The number of aromatic carboxylic acids is 1. The Labute approximate surface area is 168 Å². The summed E-state index contributed by atoms with van der Waals surface area (Å²) in [7, 11) is -4.03. The maximum atomic E-state index is 13.4. The van der Waals surface area contributed by atoms with E-state index in [-0.39, 0.29) is 22.7 Å². The van der Waals surface area contributed by atoms with Gasteiger partial charge in [-0.05, 0) is 42.8 Å². The predicted octanol–water partition coefficient (Wildman–Crippen LogP) is 4.74. The van der Waals surface area contributed by atoms with Crippen LogP contribution in [0.4, 0.5) is 5.69 Å². The Morgan fingerprint density at radius 2 is 1.57 bits per heavy atom. The molecule has 0 fully saturated rings. The van der Waals surface area contributed by atoms with Gasteiger partial charge in [0.2, 0.25) is 0 Å². The highest BCUT2D eigenvalue weighted by Gasteiger charge is 2.29. The molecule has 3 aromatic carbocycles. The van der Waals surface area contributed by atoms with Crippen molar-refractivity contribution in [2.45, 2.75) is 18.4 Å². The second kappa shape index (κ2) is 8.04. The summed E-state index contributed by atoms with van der Waals surface area (Å²) in [6.07, 6.45) is 0. The van der Waals surface area contributed by atoms with Gasteiger partial charge in [-0.1, -0.05) is 59.6 Å². The van der Waals surface area contributed by atoms with Crippen LogP contribution in [-0.2, 0) is 16.6 Å². The van der Waals surface area contributed by atoms with E-state index in [1.807, 2.05) is 6.92 Å². The first-order valence-corrected chi connectivity index (χ1v) is 10.3. The highest BCUT2D eigenvalue weighted by atomic mass is 35.5. The Bertz CT molecular complexity index is 1110. The minimum Gasteiger partial charge on any atom is -0.478 e. The molecule has 0 radical (unpaired) electrons. The van der Waals surface area contributed by atoms with Crippen molar-refractivity contribution >= 4 is 33.3 Å². The molecule has 0 aliphatic heterocycles.